The number of aromatic nitrogens is 2. The van der Waals surface area contributed by atoms with Crippen LogP contribution >= 0.6 is 0 Å². The molecule has 0 aliphatic rings. The van der Waals surface area contributed by atoms with E-state index in [9.17, 15) is 4.79 Å². The number of allylic oxidation sites excluding steroid dienone is 1. The van der Waals surface area contributed by atoms with Crippen molar-refractivity contribution in [3.63, 3.8) is 0 Å². The molecule has 3 rings (SSSR count). The van der Waals surface area contributed by atoms with Crippen LogP contribution < -0.4 is 14.8 Å². The van der Waals surface area contributed by atoms with Gasteiger partial charge in [-0.3, -0.25) is 10.1 Å². The van der Waals surface area contributed by atoms with E-state index in [0.29, 0.717) is 49.2 Å². The summed E-state index contributed by atoms with van der Waals surface area (Å²) >= 11 is 0. The largest absolute Gasteiger partial charge is 0.493 e. The molecule has 3 aromatic rings. The van der Waals surface area contributed by atoms with Crippen LogP contribution in [-0.2, 0) is 17.7 Å². The van der Waals surface area contributed by atoms with Crippen molar-refractivity contribution in [2.45, 2.75) is 26.3 Å². The lowest BCUT2D eigenvalue weighted by atomic mass is 10.0. The summed E-state index contributed by atoms with van der Waals surface area (Å²) in [5.74, 6) is 1.33. The van der Waals surface area contributed by atoms with Crippen molar-refractivity contribution in [2.75, 3.05) is 32.8 Å². The van der Waals surface area contributed by atoms with E-state index < -0.39 is 0 Å². The standard InChI is InChI=1S/C24H29N3O4/c1-5-10-17-15-18(16-21(29-3)22(17)30-4)23(28)26-24-25-19-11-7-8-12-20(19)27(24)13-9-14-31-6-2/h5,7-8,11-12,15-16H,1,6,9-10,13-14H2,2-4H3,(H,25,26,28). The summed E-state index contributed by atoms with van der Waals surface area (Å²) in [5.41, 5.74) is 3.08. The van der Waals surface area contributed by atoms with Crippen LogP contribution in [0.1, 0.15) is 29.3 Å². The van der Waals surface area contributed by atoms with Crippen LogP contribution in [0.4, 0.5) is 5.95 Å². The quantitative estimate of drug-likeness (QED) is 0.364. The van der Waals surface area contributed by atoms with E-state index in [-0.39, 0.29) is 5.91 Å². The molecule has 0 bridgehead atoms. The molecular weight excluding hydrogens is 394 g/mol. The van der Waals surface area contributed by atoms with Gasteiger partial charge in [0.15, 0.2) is 11.5 Å². The number of rotatable bonds is 11. The van der Waals surface area contributed by atoms with Gasteiger partial charge in [-0.1, -0.05) is 18.2 Å². The average molecular weight is 424 g/mol. The van der Waals surface area contributed by atoms with Gasteiger partial charge in [0, 0.05) is 30.9 Å². The molecule has 0 saturated carbocycles. The Labute approximate surface area is 182 Å². The summed E-state index contributed by atoms with van der Waals surface area (Å²) in [6, 6.07) is 11.3. The third-order valence-electron chi connectivity index (χ3n) is 4.94. The molecule has 0 aliphatic heterocycles. The zero-order valence-electron chi connectivity index (χ0n) is 18.3. The summed E-state index contributed by atoms with van der Waals surface area (Å²) < 4.78 is 18.4. The first kappa shape index (κ1) is 22.4. The number of nitrogens with one attached hydrogen (secondary N) is 1. The number of para-hydroxylation sites is 2. The van der Waals surface area contributed by atoms with Crippen LogP contribution in [0.25, 0.3) is 11.0 Å². The first-order chi connectivity index (χ1) is 15.1. The van der Waals surface area contributed by atoms with Crippen LogP contribution in [0.2, 0.25) is 0 Å². The van der Waals surface area contributed by atoms with Crippen molar-refractivity contribution >= 4 is 22.9 Å². The lowest BCUT2D eigenvalue weighted by molar-refractivity contribution is 0.102. The summed E-state index contributed by atoms with van der Waals surface area (Å²) in [6.45, 7) is 7.78. The normalized spacial score (nSPS) is 10.8. The van der Waals surface area contributed by atoms with Crippen LogP contribution in [-0.4, -0.2) is 42.9 Å². The van der Waals surface area contributed by atoms with Crippen molar-refractivity contribution in [3.05, 3.63) is 60.2 Å². The number of carbonyl (C=O) groups excluding carboxylic acids is 1. The van der Waals surface area contributed by atoms with Crippen LogP contribution in [0.3, 0.4) is 0 Å². The Balaban J connectivity index is 1.92. The zero-order valence-corrected chi connectivity index (χ0v) is 18.3. The molecule has 1 heterocycles. The van der Waals surface area contributed by atoms with Crippen molar-refractivity contribution in [2.24, 2.45) is 0 Å². The molecule has 7 heteroatoms. The summed E-state index contributed by atoms with van der Waals surface area (Å²) in [5, 5.41) is 2.97. The molecule has 1 aromatic heterocycles. The maximum absolute atomic E-state index is 13.1. The van der Waals surface area contributed by atoms with Crippen molar-refractivity contribution in [3.8, 4) is 11.5 Å². The number of hydrogen-bond acceptors (Lipinski definition) is 5. The highest BCUT2D eigenvalue weighted by molar-refractivity contribution is 6.04. The fourth-order valence-electron chi connectivity index (χ4n) is 3.52. The number of carbonyl (C=O) groups is 1. The molecule has 1 amide bonds. The minimum Gasteiger partial charge on any atom is -0.493 e. The third-order valence-corrected chi connectivity index (χ3v) is 4.94. The molecule has 7 nitrogen and oxygen atoms in total. The SMILES string of the molecule is C=CCc1cc(C(=O)Nc2nc3ccccc3n2CCCOCC)cc(OC)c1OC. The lowest BCUT2D eigenvalue weighted by Crippen LogP contribution is -2.17. The van der Waals surface area contributed by atoms with E-state index in [4.69, 9.17) is 14.2 Å². The molecule has 0 spiro atoms. The Morgan fingerprint density at radius 3 is 2.74 bits per heavy atom. The number of hydrogen-bond donors (Lipinski definition) is 1. The maximum Gasteiger partial charge on any atom is 0.258 e. The third kappa shape index (κ3) is 5.06. The van der Waals surface area contributed by atoms with Gasteiger partial charge in [0.25, 0.3) is 5.91 Å². The second kappa shape index (κ2) is 10.6. The predicted molar refractivity (Wildman–Crippen MR) is 122 cm³/mol. The number of amides is 1. The Bertz CT molecular complexity index is 1060. The number of imidazole rings is 1. The minimum absolute atomic E-state index is 0.271. The van der Waals surface area contributed by atoms with Gasteiger partial charge < -0.3 is 18.8 Å². The highest BCUT2D eigenvalue weighted by Crippen LogP contribution is 2.33. The fourth-order valence-corrected chi connectivity index (χ4v) is 3.52. The monoisotopic (exact) mass is 423 g/mol. The number of nitrogens with zero attached hydrogens (tertiary/aromatic N) is 2. The molecule has 0 saturated heterocycles. The molecule has 2 aromatic carbocycles. The van der Waals surface area contributed by atoms with E-state index in [0.717, 1.165) is 23.0 Å². The van der Waals surface area contributed by atoms with Crippen LogP contribution in [0.15, 0.2) is 49.1 Å². The number of benzene rings is 2. The molecule has 0 atom stereocenters. The number of anilines is 1. The van der Waals surface area contributed by atoms with Crippen LogP contribution in [0, 0.1) is 0 Å². The summed E-state index contributed by atoms with van der Waals surface area (Å²) in [6.07, 6.45) is 3.13. The number of aryl methyl sites for hydroxylation is 1. The Kier molecular flexibility index (Phi) is 7.67. The molecule has 1 N–H and O–H groups in total. The van der Waals surface area contributed by atoms with Gasteiger partial charge in [-0.15, -0.1) is 6.58 Å². The highest BCUT2D eigenvalue weighted by Gasteiger charge is 2.18. The minimum atomic E-state index is -0.271. The summed E-state index contributed by atoms with van der Waals surface area (Å²) in [7, 11) is 3.13. The Morgan fingerprint density at radius 1 is 1.23 bits per heavy atom. The first-order valence-corrected chi connectivity index (χ1v) is 10.3. The van der Waals surface area contributed by atoms with Gasteiger partial charge in [-0.2, -0.15) is 0 Å². The molecule has 31 heavy (non-hydrogen) atoms. The van der Waals surface area contributed by atoms with Gasteiger partial charge in [0.2, 0.25) is 5.95 Å². The predicted octanol–water partition coefficient (Wildman–Crippen LogP) is 4.46. The van der Waals surface area contributed by atoms with Gasteiger partial charge in [-0.05, 0) is 44.0 Å². The molecule has 0 unspecified atom stereocenters. The van der Waals surface area contributed by atoms with Crippen LogP contribution in [0.5, 0.6) is 11.5 Å². The van der Waals surface area contributed by atoms with Gasteiger partial charge >= 0.3 is 0 Å². The van der Waals surface area contributed by atoms with Gasteiger partial charge in [0.05, 0.1) is 25.3 Å². The topological polar surface area (TPSA) is 74.6 Å². The molecule has 0 radical (unpaired) electrons. The molecule has 0 aliphatic carbocycles. The lowest BCUT2D eigenvalue weighted by Gasteiger charge is -2.15. The van der Waals surface area contributed by atoms with E-state index in [2.05, 4.69) is 16.9 Å². The number of ether oxygens (including phenoxy) is 3. The summed E-state index contributed by atoms with van der Waals surface area (Å²) in [4.78, 5) is 17.8. The van der Waals surface area contributed by atoms with E-state index >= 15 is 0 Å². The Morgan fingerprint density at radius 2 is 2.03 bits per heavy atom. The second-order valence-electron chi connectivity index (χ2n) is 6.94. The first-order valence-electron chi connectivity index (χ1n) is 10.3. The van der Waals surface area contributed by atoms with E-state index in [1.165, 1.54) is 0 Å². The number of methoxy groups -OCH3 is 2. The van der Waals surface area contributed by atoms with E-state index in [1.807, 2.05) is 35.8 Å². The Hall–Kier alpha value is -3.32. The highest BCUT2D eigenvalue weighted by atomic mass is 16.5. The average Bonchev–Trinajstić information content (AvgIpc) is 3.13. The molecule has 164 valence electrons. The van der Waals surface area contributed by atoms with Crippen molar-refractivity contribution in [1.29, 1.82) is 0 Å². The molecular formula is C24H29N3O4. The molecule has 0 fully saturated rings. The van der Waals surface area contributed by atoms with E-state index in [1.54, 1.807) is 32.4 Å². The van der Waals surface area contributed by atoms with Crippen molar-refractivity contribution < 1.29 is 19.0 Å². The maximum atomic E-state index is 13.1. The van der Waals surface area contributed by atoms with Gasteiger partial charge in [-0.25, -0.2) is 4.98 Å². The number of fused-ring (bicyclic) bond motifs is 1. The van der Waals surface area contributed by atoms with Gasteiger partial charge in [0.1, 0.15) is 0 Å². The zero-order chi connectivity index (χ0) is 22.2. The second-order valence-corrected chi connectivity index (χ2v) is 6.94. The fraction of sp³-hybridized carbons (Fsp3) is 0.333. The van der Waals surface area contributed by atoms with Crippen molar-refractivity contribution in [1.82, 2.24) is 9.55 Å². The smallest absolute Gasteiger partial charge is 0.258 e.